The molecule has 3 heterocycles. The topological polar surface area (TPSA) is 91.4 Å². The molecule has 6 rings (SSSR count). The summed E-state index contributed by atoms with van der Waals surface area (Å²) < 4.78 is 0. The third-order valence-electron chi connectivity index (χ3n) is 6.40. The third-order valence-corrected chi connectivity index (χ3v) is 6.40. The molecule has 1 aliphatic carbocycles. The number of benzene rings is 2. The van der Waals surface area contributed by atoms with Gasteiger partial charge in [-0.3, -0.25) is 4.98 Å². The van der Waals surface area contributed by atoms with Crippen LogP contribution in [0.25, 0.3) is 33.2 Å². The second-order valence-corrected chi connectivity index (χ2v) is 8.61. The van der Waals surface area contributed by atoms with E-state index in [2.05, 4.69) is 67.0 Å². The zero-order valence-electron chi connectivity index (χ0n) is 18.3. The lowest BCUT2D eigenvalue weighted by atomic mass is 10.0. The molecule has 0 atom stereocenters. The Morgan fingerprint density at radius 1 is 0.939 bits per heavy atom. The van der Waals surface area contributed by atoms with Gasteiger partial charge in [0.25, 0.3) is 0 Å². The van der Waals surface area contributed by atoms with Crippen molar-refractivity contribution in [2.24, 2.45) is 5.92 Å². The lowest BCUT2D eigenvalue weighted by Crippen LogP contribution is -2.13. The van der Waals surface area contributed by atoms with Crippen LogP contribution in [-0.4, -0.2) is 31.5 Å². The van der Waals surface area contributed by atoms with E-state index in [1.165, 1.54) is 25.7 Å². The number of pyridine rings is 1. The SMILES string of the molecule is c1ccc(-c2ccnc3ccc(Nc4nc(NCC5CCCC5)c5[nH]cnc5n4)cc23)cc1. The summed E-state index contributed by atoms with van der Waals surface area (Å²) in [5.74, 6) is 2.02. The Labute approximate surface area is 191 Å². The zero-order chi connectivity index (χ0) is 22.0. The highest BCUT2D eigenvalue weighted by Gasteiger charge is 2.17. The van der Waals surface area contributed by atoms with E-state index in [0.29, 0.717) is 17.5 Å². The highest BCUT2D eigenvalue weighted by Crippen LogP contribution is 2.31. The molecule has 0 saturated heterocycles. The molecule has 1 aliphatic rings. The molecule has 7 heteroatoms. The molecule has 2 aromatic carbocycles. The van der Waals surface area contributed by atoms with Crippen LogP contribution in [0.4, 0.5) is 17.5 Å². The Hall–Kier alpha value is -4.00. The Morgan fingerprint density at radius 3 is 2.70 bits per heavy atom. The van der Waals surface area contributed by atoms with Gasteiger partial charge >= 0.3 is 0 Å². The first-order chi connectivity index (χ1) is 16.3. The van der Waals surface area contributed by atoms with Gasteiger partial charge in [0.1, 0.15) is 5.52 Å². The van der Waals surface area contributed by atoms with Crippen molar-refractivity contribution in [3.8, 4) is 11.1 Å². The number of aromatic nitrogens is 5. The smallest absolute Gasteiger partial charge is 0.231 e. The molecule has 0 unspecified atom stereocenters. The maximum Gasteiger partial charge on any atom is 0.231 e. The van der Waals surface area contributed by atoms with E-state index in [4.69, 9.17) is 4.98 Å². The minimum atomic E-state index is 0.521. The lowest BCUT2D eigenvalue weighted by molar-refractivity contribution is 0.579. The standard InChI is InChI=1S/C26H25N7/c1-2-8-18(9-3-1)20-12-13-27-22-11-10-19(14-21(20)22)31-26-32-24(23-25(33-26)30-16-29-23)28-15-17-6-4-5-7-17/h1-3,8-14,16-17H,4-7,15H2,(H3,28,29,30,31,32,33). The van der Waals surface area contributed by atoms with Crippen molar-refractivity contribution in [3.05, 3.63) is 67.1 Å². The molecular formula is C26H25N7. The van der Waals surface area contributed by atoms with Gasteiger partial charge in [-0.1, -0.05) is 43.2 Å². The quantitative estimate of drug-likeness (QED) is 0.307. The summed E-state index contributed by atoms with van der Waals surface area (Å²) in [6.07, 6.45) is 8.73. The highest BCUT2D eigenvalue weighted by atomic mass is 15.2. The fourth-order valence-electron chi connectivity index (χ4n) is 4.70. The van der Waals surface area contributed by atoms with Gasteiger partial charge in [0.2, 0.25) is 5.95 Å². The van der Waals surface area contributed by atoms with Gasteiger partial charge in [0, 0.05) is 23.8 Å². The Morgan fingerprint density at radius 2 is 1.82 bits per heavy atom. The third kappa shape index (κ3) is 3.98. The number of nitrogens with one attached hydrogen (secondary N) is 3. The van der Waals surface area contributed by atoms with Crippen LogP contribution in [0, 0.1) is 5.92 Å². The fraction of sp³-hybridized carbons (Fsp3) is 0.231. The summed E-state index contributed by atoms with van der Waals surface area (Å²) in [5, 5.41) is 7.99. The minimum absolute atomic E-state index is 0.521. The number of nitrogens with zero attached hydrogens (tertiary/aromatic N) is 4. The van der Waals surface area contributed by atoms with Crippen LogP contribution in [0.3, 0.4) is 0 Å². The minimum Gasteiger partial charge on any atom is -0.368 e. The van der Waals surface area contributed by atoms with Crippen LogP contribution in [0.2, 0.25) is 0 Å². The summed E-state index contributed by atoms with van der Waals surface area (Å²) in [7, 11) is 0. The molecule has 0 aliphatic heterocycles. The average molecular weight is 436 g/mol. The number of imidazole rings is 1. The second-order valence-electron chi connectivity index (χ2n) is 8.61. The molecule has 5 aromatic rings. The number of hydrogen-bond acceptors (Lipinski definition) is 6. The largest absolute Gasteiger partial charge is 0.368 e. The molecule has 0 amide bonds. The number of H-pyrrole nitrogens is 1. The number of fused-ring (bicyclic) bond motifs is 2. The maximum absolute atomic E-state index is 4.77. The summed E-state index contributed by atoms with van der Waals surface area (Å²) >= 11 is 0. The van der Waals surface area contributed by atoms with Gasteiger partial charge in [0.15, 0.2) is 11.5 Å². The first kappa shape index (κ1) is 19.7. The van der Waals surface area contributed by atoms with E-state index in [1.807, 2.05) is 24.4 Å². The van der Waals surface area contributed by atoms with Gasteiger partial charge in [0.05, 0.1) is 11.8 Å². The number of hydrogen-bond donors (Lipinski definition) is 3. The Balaban J connectivity index is 1.33. The molecule has 0 bridgehead atoms. The molecule has 164 valence electrons. The second kappa shape index (κ2) is 8.50. The van der Waals surface area contributed by atoms with Crippen LogP contribution in [-0.2, 0) is 0 Å². The Kier molecular flexibility index (Phi) is 5.07. The van der Waals surface area contributed by atoms with Crippen molar-refractivity contribution >= 4 is 39.5 Å². The molecule has 3 aromatic heterocycles. The van der Waals surface area contributed by atoms with E-state index in [1.54, 1.807) is 6.33 Å². The van der Waals surface area contributed by atoms with Crippen molar-refractivity contribution in [1.82, 2.24) is 24.9 Å². The van der Waals surface area contributed by atoms with Crippen molar-refractivity contribution in [2.75, 3.05) is 17.2 Å². The summed E-state index contributed by atoms with van der Waals surface area (Å²) in [4.78, 5) is 21.5. The Bertz CT molecular complexity index is 1400. The van der Waals surface area contributed by atoms with Crippen LogP contribution in [0.5, 0.6) is 0 Å². The summed E-state index contributed by atoms with van der Waals surface area (Å²) in [6.45, 7) is 0.923. The van der Waals surface area contributed by atoms with Crippen molar-refractivity contribution in [2.45, 2.75) is 25.7 Å². The summed E-state index contributed by atoms with van der Waals surface area (Å²) in [5.41, 5.74) is 5.65. The summed E-state index contributed by atoms with van der Waals surface area (Å²) in [6, 6.07) is 18.6. The molecule has 0 spiro atoms. The van der Waals surface area contributed by atoms with Gasteiger partial charge in [-0.25, -0.2) is 4.98 Å². The molecule has 3 N–H and O–H groups in total. The molecule has 1 fully saturated rings. The van der Waals surface area contributed by atoms with Gasteiger partial charge in [-0.2, -0.15) is 9.97 Å². The number of aromatic amines is 1. The predicted octanol–water partition coefficient (Wildman–Crippen LogP) is 5.91. The first-order valence-electron chi connectivity index (χ1n) is 11.5. The number of anilines is 3. The molecule has 7 nitrogen and oxygen atoms in total. The molecular weight excluding hydrogens is 410 g/mol. The average Bonchev–Trinajstić information content (AvgIpc) is 3.55. The normalized spacial score (nSPS) is 14.2. The van der Waals surface area contributed by atoms with Crippen molar-refractivity contribution in [3.63, 3.8) is 0 Å². The fourth-order valence-corrected chi connectivity index (χ4v) is 4.70. The maximum atomic E-state index is 4.77. The number of rotatable bonds is 6. The monoisotopic (exact) mass is 435 g/mol. The van der Waals surface area contributed by atoms with Gasteiger partial charge in [-0.05, 0) is 54.2 Å². The van der Waals surface area contributed by atoms with Crippen molar-refractivity contribution in [1.29, 1.82) is 0 Å². The van der Waals surface area contributed by atoms with Crippen LogP contribution in [0.15, 0.2) is 67.1 Å². The van der Waals surface area contributed by atoms with E-state index in [-0.39, 0.29) is 0 Å². The van der Waals surface area contributed by atoms with E-state index < -0.39 is 0 Å². The predicted molar refractivity (Wildman–Crippen MR) is 133 cm³/mol. The van der Waals surface area contributed by atoms with Crippen LogP contribution < -0.4 is 10.6 Å². The zero-order valence-corrected chi connectivity index (χ0v) is 18.3. The highest BCUT2D eigenvalue weighted by molar-refractivity contribution is 5.96. The van der Waals surface area contributed by atoms with E-state index >= 15 is 0 Å². The first-order valence-corrected chi connectivity index (χ1v) is 11.5. The van der Waals surface area contributed by atoms with Crippen molar-refractivity contribution < 1.29 is 0 Å². The molecule has 33 heavy (non-hydrogen) atoms. The van der Waals surface area contributed by atoms with Gasteiger partial charge in [-0.15, -0.1) is 0 Å². The lowest BCUT2D eigenvalue weighted by Gasteiger charge is -2.13. The van der Waals surface area contributed by atoms with E-state index in [0.717, 1.165) is 45.6 Å². The molecule has 0 radical (unpaired) electrons. The van der Waals surface area contributed by atoms with E-state index in [9.17, 15) is 0 Å². The van der Waals surface area contributed by atoms with Gasteiger partial charge < -0.3 is 15.6 Å². The van der Waals surface area contributed by atoms with Crippen LogP contribution in [0.1, 0.15) is 25.7 Å². The van der Waals surface area contributed by atoms with Crippen LogP contribution >= 0.6 is 0 Å². The molecule has 1 saturated carbocycles.